The van der Waals surface area contributed by atoms with E-state index in [9.17, 15) is 0 Å². The van der Waals surface area contributed by atoms with E-state index in [2.05, 4.69) is 138 Å². The molecule has 10 aliphatic carbocycles. The van der Waals surface area contributed by atoms with Gasteiger partial charge in [-0.15, -0.1) is 0 Å². The van der Waals surface area contributed by atoms with Crippen LogP contribution in [0.2, 0.25) is 0 Å². The summed E-state index contributed by atoms with van der Waals surface area (Å²) in [6, 6.07) is 0. The molecule has 0 aromatic rings. The largest absolute Gasteiger partial charge is 0.0622 e. The Hall–Kier alpha value is 0. The van der Waals surface area contributed by atoms with Crippen LogP contribution in [0.25, 0.3) is 0 Å². The number of hydrogen-bond acceptors (Lipinski definition) is 0. The Morgan fingerprint density at radius 1 is 0.197 bits per heavy atom. The molecule has 386 valence electrons. The summed E-state index contributed by atoms with van der Waals surface area (Å²) in [5, 5.41) is 0. The van der Waals surface area contributed by atoms with Crippen molar-refractivity contribution in [2.75, 3.05) is 0 Å². The summed E-state index contributed by atoms with van der Waals surface area (Å²) in [5.41, 5.74) is 7.70. The highest BCUT2D eigenvalue weighted by molar-refractivity contribution is 5.17. The number of rotatable bonds is 10. The van der Waals surface area contributed by atoms with Crippen molar-refractivity contribution >= 4 is 0 Å². The van der Waals surface area contributed by atoms with E-state index in [0.717, 1.165) is 97.1 Å². The standard InChI is InChI=1S/C15H28.C14H26.C13H24.2C12H22/c1-12(2)15(13(3)4)10-14(11-15)8-6-5-7-9-14;1-11(2)14(12(3)4)9-13(10-14)7-5-6-8-13;1-10(2)13(11(3)4)8-12(9-13)6-5-7-12;1-9(2)12(10(3)4)7-11(8-12)5-6-11;1-9(2)12(10(3)4)8-7-11(12)5-6-11/h12-13H,5-11H2,1-4H3;11-12H,5-10H2,1-4H3;10-11H,5-9H2,1-4H3;2*9-10H,5-8H2,1-4H3. The van der Waals surface area contributed by atoms with Crippen molar-refractivity contribution in [1.29, 1.82) is 0 Å². The zero-order valence-electron chi connectivity index (χ0n) is 49.2. The molecular formula is C66H122. The molecule has 5 spiro atoms. The lowest BCUT2D eigenvalue weighted by Crippen LogP contribution is -2.55. The molecule has 10 fully saturated rings. The minimum Gasteiger partial charge on any atom is -0.0622 e. The van der Waals surface area contributed by atoms with Gasteiger partial charge in [0.25, 0.3) is 0 Å². The van der Waals surface area contributed by atoms with Crippen molar-refractivity contribution in [1.82, 2.24) is 0 Å². The van der Waals surface area contributed by atoms with Crippen molar-refractivity contribution in [3.8, 4) is 0 Å². The molecule has 0 amide bonds. The van der Waals surface area contributed by atoms with Gasteiger partial charge in [0.05, 0.1) is 0 Å². The Morgan fingerprint density at radius 2 is 0.409 bits per heavy atom. The normalized spacial score (nSPS) is 29.0. The molecule has 0 aromatic carbocycles. The highest BCUT2D eigenvalue weighted by atomic mass is 14.7. The van der Waals surface area contributed by atoms with E-state index in [0.29, 0.717) is 16.2 Å². The van der Waals surface area contributed by atoms with Gasteiger partial charge in [-0.05, 0) is 242 Å². The van der Waals surface area contributed by atoms with Crippen molar-refractivity contribution in [2.24, 2.45) is 113 Å². The zero-order valence-corrected chi connectivity index (χ0v) is 49.2. The second kappa shape index (κ2) is 19.8. The molecule has 0 radical (unpaired) electrons. The fourth-order valence-electron chi connectivity index (χ4n) is 20.1. The van der Waals surface area contributed by atoms with Gasteiger partial charge in [-0.25, -0.2) is 0 Å². The smallest absolute Gasteiger partial charge is 0.0195 e. The summed E-state index contributed by atoms with van der Waals surface area (Å²) < 4.78 is 0. The monoisotopic (exact) mass is 915 g/mol. The van der Waals surface area contributed by atoms with Crippen LogP contribution in [-0.4, -0.2) is 0 Å². The minimum absolute atomic E-state index is 0.692. The first-order chi connectivity index (χ1) is 30.6. The number of hydrogen-bond donors (Lipinski definition) is 0. The first kappa shape index (κ1) is 55.3. The summed E-state index contributed by atoms with van der Waals surface area (Å²) >= 11 is 0. The fourth-order valence-corrected chi connectivity index (χ4v) is 20.1. The van der Waals surface area contributed by atoms with E-state index in [1.54, 1.807) is 0 Å². The van der Waals surface area contributed by atoms with Crippen molar-refractivity contribution in [3.63, 3.8) is 0 Å². The van der Waals surface area contributed by atoms with Crippen molar-refractivity contribution in [2.45, 2.75) is 305 Å². The Labute approximate surface area is 416 Å². The first-order valence-electron chi connectivity index (χ1n) is 30.6. The Bertz CT molecular complexity index is 1450. The van der Waals surface area contributed by atoms with E-state index in [1.807, 2.05) is 0 Å². The van der Waals surface area contributed by atoms with Gasteiger partial charge in [-0.3, -0.25) is 0 Å². The molecule has 0 N–H and O–H groups in total. The molecule has 10 saturated carbocycles. The van der Waals surface area contributed by atoms with E-state index in [1.165, 1.54) is 167 Å². The van der Waals surface area contributed by atoms with E-state index >= 15 is 0 Å². The topological polar surface area (TPSA) is 0 Å². The van der Waals surface area contributed by atoms with Gasteiger partial charge in [0.2, 0.25) is 0 Å². The van der Waals surface area contributed by atoms with E-state index in [4.69, 9.17) is 0 Å². The van der Waals surface area contributed by atoms with Gasteiger partial charge in [-0.2, -0.15) is 0 Å². The average molecular weight is 916 g/mol. The quantitative estimate of drug-likeness (QED) is 0.205. The molecule has 66 heavy (non-hydrogen) atoms. The zero-order chi connectivity index (χ0) is 49.2. The van der Waals surface area contributed by atoms with Gasteiger partial charge in [0.15, 0.2) is 0 Å². The van der Waals surface area contributed by atoms with Gasteiger partial charge in [-0.1, -0.05) is 177 Å². The van der Waals surface area contributed by atoms with Gasteiger partial charge < -0.3 is 0 Å². The maximum absolute atomic E-state index is 2.44. The average Bonchev–Trinajstić information content (AvgIpc) is 4.07. The van der Waals surface area contributed by atoms with Crippen LogP contribution in [0.5, 0.6) is 0 Å². The molecule has 10 aliphatic rings. The van der Waals surface area contributed by atoms with Crippen LogP contribution >= 0.6 is 0 Å². The summed E-state index contributed by atoms with van der Waals surface area (Å²) in [5.74, 6) is 8.88. The molecule has 0 saturated heterocycles. The van der Waals surface area contributed by atoms with Crippen LogP contribution in [0, 0.1) is 113 Å². The third-order valence-corrected chi connectivity index (χ3v) is 25.7. The minimum atomic E-state index is 0.692. The van der Waals surface area contributed by atoms with Crippen LogP contribution in [0.1, 0.15) is 305 Å². The summed E-state index contributed by atoms with van der Waals surface area (Å²) in [4.78, 5) is 0. The van der Waals surface area contributed by atoms with Crippen LogP contribution < -0.4 is 0 Å². The lowest BCUT2D eigenvalue weighted by atomic mass is 9.40. The lowest BCUT2D eigenvalue weighted by Gasteiger charge is -2.65. The lowest BCUT2D eigenvalue weighted by molar-refractivity contribution is -0.148. The molecule has 10 rings (SSSR count). The predicted octanol–water partition coefficient (Wildman–Crippen LogP) is 21.6. The predicted molar refractivity (Wildman–Crippen MR) is 293 cm³/mol. The molecule has 0 aliphatic heterocycles. The fraction of sp³-hybridized carbons (Fsp3) is 1.00. The second-order valence-electron chi connectivity index (χ2n) is 31.3. The molecule has 0 heterocycles. The third kappa shape index (κ3) is 9.80. The molecule has 0 aromatic heterocycles. The Morgan fingerprint density at radius 3 is 0.545 bits per heavy atom. The molecule has 0 bridgehead atoms. The van der Waals surface area contributed by atoms with Gasteiger partial charge in [0.1, 0.15) is 0 Å². The van der Waals surface area contributed by atoms with E-state index < -0.39 is 0 Å². The summed E-state index contributed by atoms with van der Waals surface area (Å²) in [6.45, 7) is 48.5. The van der Waals surface area contributed by atoms with Gasteiger partial charge in [0, 0.05) is 0 Å². The molecular weight excluding hydrogens is 793 g/mol. The van der Waals surface area contributed by atoms with Gasteiger partial charge >= 0.3 is 0 Å². The molecule has 0 unspecified atom stereocenters. The van der Waals surface area contributed by atoms with Crippen molar-refractivity contribution < 1.29 is 0 Å². The molecule has 0 atom stereocenters. The summed E-state index contributed by atoms with van der Waals surface area (Å²) in [6.07, 6.45) is 39.7. The Balaban J connectivity index is 0.000000137. The van der Waals surface area contributed by atoms with Crippen LogP contribution in [0.3, 0.4) is 0 Å². The van der Waals surface area contributed by atoms with Crippen LogP contribution in [-0.2, 0) is 0 Å². The van der Waals surface area contributed by atoms with Crippen LogP contribution in [0.15, 0.2) is 0 Å². The molecule has 0 heteroatoms. The summed E-state index contributed by atoms with van der Waals surface area (Å²) in [7, 11) is 0. The SMILES string of the molecule is CC(C)C1(C(C)C)CC2(CC2)C1.CC(C)C1(C(C)C)CC2(CCC2)C1.CC(C)C1(C(C)C)CC2(CCCC2)C1.CC(C)C1(C(C)C)CC2(CCCCC2)C1.CC(C)C1(C(C)C)CCC12CC2. The van der Waals surface area contributed by atoms with Crippen molar-refractivity contribution in [3.05, 3.63) is 0 Å². The highest BCUT2D eigenvalue weighted by Crippen LogP contribution is 2.77. The highest BCUT2D eigenvalue weighted by Gasteiger charge is 2.67. The maximum Gasteiger partial charge on any atom is -0.0195 e. The molecule has 0 nitrogen and oxygen atoms in total. The van der Waals surface area contributed by atoms with E-state index in [-0.39, 0.29) is 0 Å². The first-order valence-corrected chi connectivity index (χ1v) is 30.6. The Kier molecular flexibility index (Phi) is 16.6. The second-order valence-corrected chi connectivity index (χ2v) is 31.3. The maximum atomic E-state index is 2.44. The van der Waals surface area contributed by atoms with Crippen LogP contribution in [0.4, 0.5) is 0 Å². The third-order valence-electron chi connectivity index (χ3n) is 25.7.